The van der Waals surface area contributed by atoms with Crippen LogP contribution in [-0.4, -0.2) is 47.2 Å². The summed E-state index contributed by atoms with van der Waals surface area (Å²) in [6.45, 7) is 3.58. The lowest BCUT2D eigenvalue weighted by Gasteiger charge is -2.35. The highest BCUT2D eigenvalue weighted by molar-refractivity contribution is 5.96. The molecular formula is C23H21F3N4O. The highest BCUT2D eigenvalue weighted by atomic mass is 19.4. The van der Waals surface area contributed by atoms with Gasteiger partial charge in [0.15, 0.2) is 5.82 Å². The summed E-state index contributed by atoms with van der Waals surface area (Å²) in [5.74, 6) is 0.0760. The van der Waals surface area contributed by atoms with Gasteiger partial charge in [-0.15, -0.1) is 10.2 Å². The molecule has 5 nitrogen and oxygen atoms in total. The molecule has 0 N–H and O–H groups in total. The zero-order chi connectivity index (χ0) is 22.0. The normalized spacial score (nSPS) is 14.6. The number of carbonyl (C=O) groups is 1. The molecule has 1 aliphatic heterocycles. The number of nitrogens with zero attached hydrogens (tertiary/aromatic N) is 4. The van der Waals surface area contributed by atoms with Crippen molar-refractivity contribution in [3.8, 4) is 11.3 Å². The number of aromatic nitrogens is 2. The third-order valence-electron chi connectivity index (χ3n) is 5.35. The Hall–Kier alpha value is -3.42. The standard InChI is InChI=1S/C23H21F3N4O/c1-16-6-8-17(9-7-16)20-10-11-21(28-27-20)29-12-14-30(15-13-29)22(31)18-4-2-3-5-19(18)23(24,25)26/h2-11H,12-15H2,1H3. The Bertz CT molecular complexity index is 1060. The zero-order valence-corrected chi connectivity index (χ0v) is 16.9. The molecule has 160 valence electrons. The van der Waals surface area contributed by atoms with Gasteiger partial charge in [-0.1, -0.05) is 42.0 Å². The van der Waals surface area contributed by atoms with Gasteiger partial charge >= 0.3 is 6.18 Å². The quantitative estimate of drug-likeness (QED) is 0.622. The minimum Gasteiger partial charge on any atom is -0.352 e. The Labute approximate surface area is 178 Å². The maximum Gasteiger partial charge on any atom is 0.417 e. The van der Waals surface area contributed by atoms with Crippen molar-refractivity contribution >= 4 is 11.7 Å². The molecular weight excluding hydrogens is 405 g/mol. The average Bonchev–Trinajstić information content (AvgIpc) is 2.79. The summed E-state index contributed by atoms with van der Waals surface area (Å²) >= 11 is 0. The van der Waals surface area contributed by atoms with Crippen LogP contribution in [0.3, 0.4) is 0 Å². The largest absolute Gasteiger partial charge is 0.417 e. The van der Waals surface area contributed by atoms with Gasteiger partial charge in [-0.25, -0.2) is 0 Å². The van der Waals surface area contributed by atoms with E-state index in [0.717, 1.165) is 17.3 Å². The fourth-order valence-electron chi connectivity index (χ4n) is 3.60. The summed E-state index contributed by atoms with van der Waals surface area (Å²) < 4.78 is 39.7. The molecule has 1 aliphatic rings. The average molecular weight is 426 g/mol. The molecule has 0 radical (unpaired) electrons. The topological polar surface area (TPSA) is 49.3 Å². The van der Waals surface area contributed by atoms with Crippen molar-refractivity contribution in [3.05, 3.63) is 77.4 Å². The van der Waals surface area contributed by atoms with Gasteiger partial charge < -0.3 is 9.80 Å². The first-order chi connectivity index (χ1) is 14.8. The Kier molecular flexibility index (Phi) is 5.63. The van der Waals surface area contributed by atoms with E-state index in [4.69, 9.17) is 0 Å². The van der Waals surface area contributed by atoms with E-state index >= 15 is 0 Å². The molecule has 2 heterocycles. The predicted molar refractivity (Wildman–Crippen MR) is 112 cm³/mol. The van der Waals surface area contributed by atoms with Crippen molar-refractivity contribution in [2.24, 2.45) is 0 Å². The van der Waals surface area contributed by atoms with Crippen molar-refractivity contribution in [1.82, 2.24) is 15.1 Å². The summed E-state index contributed by atoms with van der Waals surface area (Å²) in [6.07, 6.45) is -4.57. The molecule has 0 spiro atoms. The maximum atomic E-state index is 13.2. The number of benzene rings is 2. The number of anilines is 1. The highest BCUT2D eigenvalue weighted by Crippen LogP contribution is 2.32. The molecule has 8 heteroatoms. The van der Waals surface area contributed by atoms with Crippen LogP contribution < -0.4 is 4.90 Å². The molecule has 31 heavy (non-hydrogen) atoms. The number of piperazine rings is 1. The second-order valence-corrected chi connectivity index (χ2v) is 7.47. The number of hydrogen-bond donors (Lipinski definition) is 0. The minimum atomic E-state index is -4.57. The number of amides is 1. The fraction of sp³-hybridized carbons (Fsp3) is 0.261. The number of halogens is 3. The molecule has 0 unspecified atom stereocenters. The zero-order valence-electron chi connectivity index (χ0n) is 16.9. The molecule has 1 amide bonds. The van der Waals surface area contributed by atoms with E-state index in [-0.39, 0.29) is 5.56 Å². The van der Waals surface area contributed by atoms with Gasteiger partial charge in [0.25, 0.3) is 5.91 Å². The number of hydrogen-bond acceptors (Lipinski definition) is 4. The van der Waals surface area contributed by atoms with Crippen LogP contribution >= 0.6 is 0 Å². The lowest BCUT2D eigenvalue weighted by atomic mass is 10.1. The fourth-order valence-corrected chi connectivity index (χ4v) is 3.60. The Morgan fingerprint density at radius 3 is 2.16 bits per heavy atom. The van der Waals surface area contributed by atoms with Crippen LogP contribution in [0.5, 0.6) is 0 Å². The molecule has 0 aliphatic carbocycles. The van der Waals surface area contributed by atoms with E-state index < -0.39 is 17.6 Å². The maximum absolute atomic E-state index is 13.2. The Morgan fingerprint density at radius 2 is 1.55 bits per heavy atom. The second kappa shape index (κ2) is 8.37. The predicted octanol–water partition coefficient (Wildman–Crippen LogP) is 4.43. The van der Waals surface area contributed by atoms with Crippen LogP contribution in [0.15, 0.2) is 60.7 Å². The Morgan fingerprint density at radius 1 is 0.871 bits per heavy atom. The van der Waals surface area contributed by atoms with Crippen molar-refractivity contribution in [2.75, 3.05) is 31.1 Å². The second-order valence-electron chi connectivity index (χ2n) is 7.47. The lowest BCUT2D eigenvalue weighted by Crippen LogP contribution is -2.49. The van der Waals surface area contributed by atoms with Crippen LogP contribution in [0, 0.1) is 6.92 Å². The van der Waals surface area contributed by atoms with Crippen LogP contribution in [0.2, 0.25) is 0 Å². The summed E-state index contributed by atoms with van der Waals surface area (Å²) in [5, 5.41) is 8.60. The van der Waals surface area contributed by atoms with E-state index in [0.29, 0.717) is 32.0 Å². The summed E-state index contributed by atoms with van der Waals surface area (Å²) in [6, 6.07) is 16.7. The van der Waals surface area contributed by atoms with Gasteiger partial charge in [0, 0.05) is 31.7 Å². The molecule has 2 aromatic carbocycles. The molecule has 0 saturated carbocycles. The Balaban J connectivity index is 1.42. The van der Waals surface area contributed by atoms with Gasteiger partial charge in [-0.2, -0.15) is 13.2 Å². The molecule has 1 aromatic heterocycles. The molecule has 3 aromatic rings. The number of carbonyl (C=O) groups excluding carboxylic acids is 1. The van der Waals surface area contributed by atoms with Crippen molar-refractivity contribution < 1.29 is 18.0 Å². The number of rotatable bonds is 3. The number of alkyl halides is 3. The van der Waals surface area contributed by atoms with Gasteiger partial charge in [-0.3, -0.25) is 4.79 Å². The van der Waals surface area contributed by atoms with Crippen LogP contribution in [0.1, 0.15) is 21.5 Å². The van der Waals surface area contributed by atoms with Crippen LogP contribution in [0.25, 0.3) is 11.3 Å². The molecule has 1 saturated heterocycles. The SMILES string of the molecule is Cc1ccc(-c2ccc(N3CCN(C(=O)c4ccccc4C(F)(F)F)CC3)nn2)cc1. The monoisotopic (exact) mass is 426 g/mol. The summed E-state index contributed by atoms with van der Waals surface area (Å²) in [4.78, 5) is 16.1. The smallest absolute Gasteiger partial charge is 0.352 e. The van der Waals surface area contributed by atoms with E-state index in [9.17, 15) is 18.0 Å². The molecule has 0 atom stereocenters. The first kappa shape index (κ1) is 20.8. The van der Waals surface area contributed by atoms with Gasteiger partial charge in [0.1, 0.15) is 0 Å². The van der Waals surface area contributed by atoms with E-state index in [1.165, 1.54) is 28.7 Å². The van der Waals surface area contributed by atoms with Crippen LogP contribution in [0.4, 0.5) is 19.0 Å². The van der Waals surface area contributed by atoms with Gasteiger partial charge in [-0.05, 0) is 31.2 Å². The van der Waals surface area contributed by atoms with Crippen molar-refractivity contribution in [3.63, 3.8) is 0 Å². The van der Waals surface area contributed by atoms with E-state index in [1.807, 2.05) is 48.2 Å². The lowest BCUT2D eigenvalue weighted by molar-refractivity contribution is -0.138. The first-order valence-electron chi connectivity index (χ1n) is 9.94. The van der Waals surface area contributed by atoms with Crippen molar-refractivity contribution in [2.45, 2.75) is 13.1 Å². The summed E-state index contributed by atoms with van der Waals surface area (Å²) in [5.41, 5.74) is 1.69. The van der Waals surface area contributed by atoms with E-state index in [1.54, 1.807) is 0 Å². The molecule has 4 rings (SSSR count). The molecule has 0 bridgehead atoms. The van der Waals surface area contributed by atoms with E-state index in [2.05, 4.69) is 10.2 Å². The van der Waals surface area contributed by atoms with Gasteiger partial charge in [0.05, 0.1) is 16.8 Å². The van der Waals surface area contributed by atoms with Crippen LogP contribution in [-0.2, 0) is 6.18 Å². The highest BCUT2D eigenvalue weighted by Gasteiger charge is 2.36. The molecule has 1 fully saturated rings. The van der Waals surface area contributed by atoms with Crippen molar-refractivity contribution in [1.29, 1.82) is 0 Å². The minimum absolute atomic E-state index is 0.312. The first-order valence-corrected chi connectivity index (χ1v) is 9.94. The number of aryl methyl sites for hydroxylation is 1. The third-order valence-corrected chi connectivity index (χ3v) is 5.35. The summed E-state index contributed by atoms with van der Waals surface area (Å²) in [7, 11) is 0. The third kappa shape index (κ3) is 4.52. The van der Waals surface area contributed by atoms with Gasteiger partial charge in [0.2, 0.25) is 0 Å².